The third-order valence-electron chi connectivity index (χ3n) is 2.62. The molecule has 0 amide bonds. The Bertz CT molecular complexity index is 596. The molecule has 0 aliphatic heterocycles. The number of rotatable bonds is 4. The van der Waals surface area contributed by atoms with Crippen LogP contribution in [0.1, 0.15) is 5.56 Å². The minimum Gasteiger partial charge on any atom is -0.508 e. The first kappa shape index (κ1) is 13.2. The van der Waals surface area contributed by atoms with Gasteiger partial charge in [0, 0.05) is 35.0 Å². The highest BCUT2D eigenvalue weighted by molar-refractivity contribution is 6.31. The van der Waals surface area contributed by atoms with E-state index in [2.05, 4.69) is 5.32 Å². The zero-order valence-corrected chi connectivity index (χ0v) is 10.6. The number of anilines is 1. The molecule has 2 aromatic carbocycles. The second-order valence-electron chi connectivity index (χ2n) is 3.90. The summed E-state index contributed by atoms with van der Waals surface area (Å²) >= 11 is 5.97. The highest BCUT2D eigenvalue weighted by atomic mass is 35.5. The van der Waals surface area contributed by atoms with E-state index in [1.165, 1.54) is 18.2 Å². The number of hydrogen-bond acceptors (Lipinski definition) is 4. The van der Waals surface area contributed by atoms with Crippen molar-refractivity contribution in [3.63, 3.8) is 0 Å². The van der Waals surface area contributed by atoms with Crippen molar-refractivity contribution in [3.05, 3.63) is 63.2 Å². The summed E-state index contributed by atoms with van der Waals surface area (Å²) < 4.78 is 0. The average molecular weight is 279 g/mol. The monoisotopic (exact) mass is 278 g/mol. The fraction of sp³-hybridized carbons (Fsp3) is 0.0769. The molecule has 0 radical (unpaired) electrons. The molecule has 0 bridgehead atoms. The second-order valence-corrected chi connectivity index (χ2v) is 4.31. The molecule has 0 fully saturated rings. The summed E-state index contributed by atoms with van der Waals surface area (Å²) in [7, 11) is 0. The number of halogens is 1. The number of aromatic hydroxyl groups is 1. The zero-order valence-electron chi connectivity index (χ0n) is 9.84. The molecule has 2 rings (SSSR count). The average Bonchev–Trinajstić information content (AvgIpc) is 2.38. The van der Waals surface area contributed by atoms with Gasteiger partial charge in [0.15, 0.2) is 0 Å². The summed E-state index contributed by atoms with van der Waals surface area (Å²) in [5.74, 6) is 0.0884. The summed E-state index contributed by atoms with van der Waals surface area (Å²) in [5, 5.41) is 23.8. The SMILES string of the molecule is O=[N+]([O-])c1cccc(NCc2c(O)cccc2Cl)c1. The van der Waals surface area contributed by atoms with E-state index in [-0.39, 0.29) is 18.0 Å². The molecule has 0 unspecified atom stereocenters. The Kier molecular flexibility index (Phi) is 3.87. The Labute approximate surface area is 114 Å². The van der Waals surface area contributed by atoms with Crippen LogP contribution in [-0.4, -0.2) is 10.0 Å². The molecule has 0 aliphatic rings. The predicted octanol–water partition coefficient (Wildman–Crippen LogP) is 3.57. The van der Waals surface area contributed by atoms with Crippen LogP contribution in [0.5, 0.6) is 5.75 Å². The van der Waals surface area contributed by atoms with Crippen LogP contribution in [0.4, 0.5) is 11.4 Å². The summed E-state index contributed by atoms with van der Waals surface area (Å²) in [6, 6.07) is 11.0. The van der Waals surface area contributed by atoms with Crippen molar-refractivity contribution in [2.24, 2.45) is 0 Å². The zero-order chi connectivity index (χ0) is 13.8. The lowest BCUT2D eigenvalue weighted by Crippen LogP contribution is -2.01. The molecule has 6 heteroatoms. The molecule has 19 heavy (non-hydrogen) atoms. The molecule has 0 saturated heterocycles. The maximum Gasteiger partial charge on any atom is 0.271 e. The first-order valence-corrected chi connectivity index (χ1v) is 5.90. The Morgan fingerprint density at radius 2 is 2.00 bits per heavy atom. The third kappa shape index (κ3) is 3.14. The van der Waals surface area contributed by atoms with Gasteiger partial charge in [-0.3, -0.25) is 10.1 Å². The van der Waals surface area contributed by atoms with Crippen LogP contribution in [0.3, 0.4) is 0 Å². The Morgan fingerprint density at radius 3 is 2.68 bits per heavy atom. The summed E-state index contributed by atoms with van der Waals surface area (Å²) in [6.07, 6.45) is 0. The number of nitro benzene ring substituents is 1. The summed E-state index contributed by atoms with van der Waals surface area (Å²) in [6.45, 7) is 0.284. The Hall–Kier alpha value is -2.27. The van der Waals surface area contributed by atoms with Gasteiger partial charge in [-0.25, -0.2) is 0 Å². The molecule has 5 nitrogen and oxygen atoms in total. The first-order valence-electron chi connectivity index (χ1n) is 5.52. The maximum atomic E-state index is 10.7. The van der Waals surface area contributed by atoms with Crippen molar-refractivity contribution >= 4 is 23.0 Å². The maximum absolute atomic E-state index is 10.7. The molecular weight excluding hydrogens is 268 g/mol. The molecule has 0 heterocycles. The van der Waals surface area contributed by atoms with Gasteiger partial charge in [0.2, 0.25) is 0 Å². The molecule has 98 valence electrons. The molecule has 2 aromatic rings. The minimum atomic E-state index is -0.460. The van der Waals surface area contributed by atoms with Crippen LogP contribution in [-0.2, 0) is 6.54 Å². The molecule has 0 spiro atoms. The minimum absolute atomic E-state index is 0.00776. The number of non-ortho nitro benzene ring substituents is 1. The molecule has 0 aliphatic carbocycles. The highest BCUT2D eigenvalue weighted by Gasteiger charge is 2.08. The van der Waals surface area contributed by atoms with Crippen LogP contribution in [0, 0.1) is 10.1 Å². The van der Waals surface area contributed by atoms with Gasteiger partial charge in [0.05, 0.1) is 4.92 Å². The van der Waals surface area contributed by atoms with E-state index in [4.69, 9.17) is 11.6 Å². The number of hydrogen-bond donors (Lipinski definition) is 2. The van der Waals surface area contributed by atoms with Crippen LogP contribution in [0.15, 0.2) is 42.5 Å². The highest BCUT2D eigenvalue weighted by Crippen LogP contribution is 2.26. The molecule has 0 saturated carbocycles. The van der Waals surface area contributed by atoms with E-state index < -0.39 is 4.92 Å². The first-order chi connectivity index (χ1) is 9.08. The lowest BCUT2D eigenvalue weighted by molar-refractivity contribution is -0.384. The van der Waals surface area contributed by atoms with Crippen molar-refractivity contribution in [1.82, 2.24) is 0 Å². The fourth-order valence-electron chi connectivity index (χ4n) is 1.64. The van der Waals surface area contributed by atoms with E-state index in [1.54, 1.807) is 24.3 Å². The Balaban J connectivity index is 2.15. The van der Waals surface area contributed by atoms with Gasteiger partial charge < -0.3 is 10.4 Å². The van der Waals surface area contributed by atoms with Gasteiger partial charge in [0.1, 0.15) is 5.75 Å². The molecule has 2 N–H and O–H groups in total. The Morgan fingerprint density at radius 1 is 1.26 bits per heavy atom. The smallest absolute Gasteiger partial charge is 0.271 e. The van der Waals surface area contributed by atoms with E-state index in [1.807, 2.05) is 0 Å². The van der Waals surface area contributed by atoms with Gasteiger partial charge in [-0.15, -0.1) is 0 Å². The number of nitrogens with zero attached hydrogens (tertiary/aromatic N) is 1. The van der Waals surface area contributed by atoms with E-state index in [0.29, 0.717) is 16.3 Å². The number of phenolic OH excluding ortho intramolecular Hbond substituents is 1. The number of benzene rings is 2. The topological polar surface area (TPSA) is 75.4 Å². The molecule has 0 atom stereocenters. The van der Waals surface area contributed by atoms with Gasteiger partial charge in [-0.1, -0.05) is 23.7 Å². The van der Waals surface area contributed by atoms with Crippen molar-refractivity contribution in [2.45, 2.75) is 6.54 Å². The van der Waals surface area contributed by atoms with E-state index in [9.17, 15) is 15.2 Å². The number of phenols is 1. The van der Waals surface area contributed by atoms with Crippen LogP contribution < -0.4 is 5.32 Å². The van der Waals surface area contributed by atoms with E-state index in [0.717, 1.165) is 0 Å². The van der Waals surface area contributed by atoms with Gasteiger partial charge in [0.25, 0.3) is 5.69 Å². The number of nitrogens with one attached hydrogen (secondary N) is 1. The lowest BCUT2D eigenvalue weighted by atomic mass is 10.2. The predicted molar refractivity (Wildman–Crippen MR) is 73.5 cm³/mol. The largest absolute Gasteiger partial charge is 0.508 e. The van der Waals surface area contributed by atoms with Crippen LogP contribution in [0.2, 0.25) is 5.02 Å². The molecular formula is C13H11ClN2O3. The van der Waals surface area contributed by atoms with E-state index >= 15 is 0 Å². The van der Waals surface area contributed by atoms with Crippen LogP contribution in [0.25, 0.3) is 0 Å². The van der Waals surface area contributed by atoms with Gasteiger partial charge in [-0.05, 0) is 18.2 Å². The lowest BCUT2D eigenvalue weighted by Gasteiger charge is -2.09. The van der Waals surface area contributed by atoms with Gasteiger partial charge >= 0.3 is 0 Å². The quantitative estimate of drug-likeness (QED) is 0.662. The summed E-state index contributed by atoms with van der Waals surface area (Å²) in [4.78, 5) is 10.2. The fourth-order valence-corrected chi connectivity index (χ4v) is 1.88. The summed E-state index contributed by atoms with van der Waals surface area (Å²) in [5.41, 5.74) is 1.15. The van der Waals surface area contributed by atoms with Crippen molar-refractivity contribution in [3.8, 4) is 5.75 Å². The van der Waals surface area contributed by atoms with Crippen molar-refractivity contribution in [1.29, 1.82) is 0 Å². The molecule has 0 aromatic heterocycles. The van der Waals surface area contributed by atoms with Crippen molar-refractivity contribution < 1.29 is 10.0 Å². The second kappa shape index (κ2) is 5.58. The van der Waals surface area contributed by atoms with Crippen molar-refractivity contribution in [2.75, 3.05) is 5.32 Å². The standard InChI is InChI=1S/C13H11ClN2O3/c14-12-5-2-6-13(17)11(12)8-15-9-3-1-4-10(7-9)16(18)19/h1-7,15,17H,8H2. The third-order valence-corrected chi connectivity index (χ3v) is 2.97. The van der Waals surface area contributed by atoms with Gasteiger partial charge in [-0.2, -0.15) is 0 Å². The van der Waals surface area contributed by atoms with Crippen LogP contribution >= 0.6 is 11.6 Å². The number of nitro groups is 1. The normalized spacial score (nSPS) is 10.2.